The Balaban J connectivity index is 2.54. The van der Waals surface area contributed by atoms with E-state index in [4.69, 9.17) is 5.73 Å². The highest BCUT2D eigenvalue weighted by Gasteiger charge is 2.25. The van der Waals surface area contributed by atoms with E-state index < -0.39 is 15.8 Å². The molecule has 2 aromatic rings. The molecule has 0 spiro atoms. The highest BCUT2D eigenvalue weighted by molar-refractivity contribution is 7.92. The predicted molar refractivity (Wildman–Crippen MR) is 77.5 cm³/mol. The van der Waals surface area contributed by atoms with Gasteiger partial charge in [0.25, 0.3) is 10.0 Å². The van der Waals surface area contributed by atoms with Crippen LogP contribution in [-0.2, 0) is 10.0 Å². The van der Waals surface area contributed by atoms with Crippen molar-refractivity contribution in [2.45, 2.75) is 11.8 Å². The molecule has 0 aromatic heterocycles. The summed E-state index contributed by atoms with van der Waals surface area (Å²) in [6.07, 6.45) is 0. The number of halogens is 1. The van der Waals surface area contributed by atoms with E-state index >= 15 is 0 Å². The zero-order chi connectivity index (χ0) is 14.8. The number of nitrogens with zero attached hydrogens (tertiary/aromatic N) is 1. The summed E-state index contributed by atoms with van der Waals surface area (Å²) in [5, 5.41) is 0. The van der Waals surface area contributed by atoms with E-state index in [1.807, 2.05) is 0 Å². The summed E-state index contributed by atoms with van der Waals surface area (Å²) in [4.78, 5) is -0.0948. The molecule has 0 radical (unpaired) electrons. The van der Waals surface area contributed by atoms with Gasteiger partial charge in [-0.05, 0) is 37.3 Å². The monoisotopic (exact) mass is 294 g/mol. The van der Waals surface area contributed by atoms with Crippen LogP contribution in [-0.4, -0.2) is 15.0 Å². The minimum atomic E-state index is -3.84. The minimum absolute atomic E-state index is 0.0948. The molecule has 6 heteroatoms. The van der Waals surface area contributed by atoms with E-state index in [0.717, 1.165) is 10.4 Å². The topological polar surface area (TPSA) is 63.4 Å². The molecule has 0 saturated carbocycles. The van der Waals surface area contributed by atoms with Crippen LogP contribution in [0.4, 0.5) is 15.8 Å². The molecule has 2 N–H and O–H groups in total. The third kappa shape index (κ3) is 2.60. The zero-order valence-corrected chi connectivity index (χ0v) is 11.8. The summed E-state index contributed by atoms with van der Waals surface area (Å²) in [7, 11) is -3.84. The number of rotatable bonds is 4. The zero-order valence-electron chi connectivity index (χ0n) is 11.0. The lowest BCUT2D eigenvalue weighted by Crippen LogP contribution is -2.31. The molecule has 0 bridgehead atoms. The Hall–Kier alpha value is -2.08. The molecule has 106 valence electrons. The van der Waals surface area contributed by atoms with Crippen molar-refractivity contribution in [3.8, 4) is 0 Å². The van der Waals surface area contributed by atoms with Crippen molar-refractivity contribution in [2.24, 2.45) is 0 Å². The van der Waals surface area contributed by atoms with Gasteiger partial charge in [-0.25, -0.2) is 12.8 Å². The van der Waals surface area contributed by atoms with Gasteiger partial charge in [0.05, 0.1) is 16.3 Å². The third-order valence-electron chi connectivity index (χ3n) is 2.88. The van der Waals surface area contributed by atoms with E-state index in [-0.39, 0.29) is 11.4 Å². The second-order valence-corrected chi connectivity index (χ2v) is 6.05. The van der Waals surface area contributed by atoms with Gasteiger partial charge in [0.2, 0.25) is 0 Å². The molecule has 20 heavy (non-hydrogen) atoms. The van der Waals surface area contributed by atoms with Crippen LogP contribution in [0.15, 0.2) is 53.4 Å². The predicted octanol–water partition coefficient (Wildman–Crippen LogP) is 2.62. The molecule has 0 heterocycles. The number of sulfonamides is 1. The van der Waals surface area contributed by atoms with Crippen molar-refractivity contribution in [1.82, 2.24) is 0 Å². The number of hydrogen-bond donors (Lipinski definition) is 1. The first-order chi connectivity index (χ1) is 9.46. The SMILES string of the molecule is CCN(c1ccccc1N)S(=O)(=O)c1cccc(F)c1. The first-order valence-corrected chi connectivity index (χ1v) is 7.53. The van der Waals surface area contributed by atoms with Gasteiger partial charge in [0.1, 0.15) is 5.82 Å². The van der Waals surface area contributed by atoms with Crippen LogP contribution in [0.3, 0.4) is 0 Å². The second kappa shape index (κ2) is 5.50. The molecule has 0 saturated heterocycles. The standard InChI is InChI=1S/C14H15FN2O2S/c1-2-17(14-9-4-3-8-13(14)16)20(18,19)12-7-5-6-11(15)10-12/h3-10H,2,16H2,1H3. The van der Waals surface area contributed by atoms with Gasteiger partial charge in [-0.3, -0.25) is 4.31 Å². The summed E-state index contributed by atoms with van der Waals surface area (Å²) >= 11 is 0. The van der Waals surface area contributed by atoms with Crippen LogP contribution < -0.4 is 10.0 Å². The first kappa shape index (κ1) is 14.3. The van der Waals surface area contributed by atoms with Gasteiger partial charge in [0.15, 0.2) is 0 Å². The maximum atomic E-state index is 13.2. The lowest BCUT2D eigenvalue weighted by Gasteiger charge is -2.24. The molecule has 0 aliphatic rings. The lowest BCUT2D eigenvalue weighted by molar-refractivity contribution is 0.587. The third-order valence-corrected chi connectivity index (χ3v) is 4.76. The average molecular weight is 294 g/mol. The molecular formula is C14H15FN2O2S. The van der Waals surface area contributed by atoms with Crippen LogP contribution in [0.2, 0.25) is 0 Å². The van der Waals surface area contributed by atoms with Gasteiger partial charge in [-0.1, -0.05) is 18.2 Å². The van der Waals surface area contributed by atoms with Crippen molar-refractivity contribution in [1.29, 1.82) is 0 Å². The molecule has 0 fully saturated rings. The summed E-state index contributed by atoms with van der Waals surface area (Å²) in [5.74, 6) is -0.594. The van der Waals surface area contributed by atoms with Gasteiger partial charge in [-0.2, -0.15) is 0 Å². The van der Waals surface area contributed by atoms with Gasteiger partial charge in [-0.15, -0.1) is 0 Å². The molecule has 0 aliphatic carbocycles. The van der Waals surface area contributed by atoms with Crippen molar-refractivity contribution < 1.29 is 12.8 Å². The van der Waals surface area contributed by atoms with Crippen LogP contribution in [0.5, 0.6) is 0 Å². The Bertz CT molecular complexity index is 717. The van der Waals surface area contributed by atoms with Crippen molar-refractivity contribution in [2.75, 3.05) is 16.6 Å². The van der Waals surface area contributed by atoms with Crippen LogP contribution in [0, 0.1) is 5.82 Å². The van der Waals surface area contributed by atoms with Crippen LogP contribution in [0.25, 0.3) is 0 Å². The summed E-state index contributed by atoms with van der Waals surface area (Å²) in [6, 6.07) is 11.6. The highest BCUT2D eigenvalue weighted by Crippen LogP contribution is 2.28. The Labute approximate surface area is 117 Å². The van der Waals surface area contributed by atoms with E-state index in [1.165, 1.54) is 18.2 Å². The molecular weight excluding hydrogens is 279 g/mol. The number of nitrogen functional groups attached to an aromatic ring is 1. The maximum absolute atomic E-state index is 13.2. The average Bonchev–Trinajstić information content (AvgIpc) is 2.41. The fourth-order valence-corrected chi connectivity index (χ4v) is 3.47. The Morgan fingerprint density at radius 3 is 2.45 bits per heavy atom. The molecule has 0 unspecified atom stereocenters. The normalized spacial score (nSPS) is 11.3. The van der Waals surface area contributed by atoms with E-state index in [0.29, 0.717) is 11.4 Å². The number of para-hydroxylation sites is 2. The van der Waals surface area contributed by atoms with E-state index in [2.05, 4.69) is 0 Å². The van der Waals surface area contributed by atoms with E-state index in [9.17, 15) is 12.8 Å². The Kier molecular flexibility index (Phi) is 3.94. The minimum Gasteiger partial charge on any atom is -0.397 e. The van der Waals surface area contributed by atoms with E-state index in [1.54, 1.807) is 31.2 Å². The molecule has 4 nitrogen and oxygen atoms in total. The fraction of sp³-hybridized carbons (Fsp3) is 0.143. The van der Waals surface area contributed by atoms with Crippen LogP contribution >= 0.6 is 0 Å². The summed E-state index contributed by atoms with van der Waals surface area (Å²) in [6.45, 7) is 1.90. The summed E-state index contributed by atoms with van der Waals surface area (Å²) < 4.78 is 39.5. The van der Waals surface area contributed by atoms with Gasteiger partial charge >= 0.3 is 0 Å². The number of benzene rings is 2. The summed E-state index contributed by atoms with van der Waals surface area (Å²) in [5.41, 5.74) is 6.57. The Morgan fingerprint density at radius 2 is 1.85 bits per heavy atom. The number of nitrogens with two attached hydrogens (primary N) is 1. The van der Waals surface area contributed by atoms with Crippen LogP contribution in [0.1, 0.15) is 6.92 Å². The molecule has 0 atom stereocenters. The second-order valence-electron chi connectivity index (χ2n) is 4.19. The smallest absolute Gasteiger partial charge is 0.264 e. The molecule has 2 aromatic carbocycles. The highest BCUT2D eigenvalue weighted by atomic mass is 32.2. The number of anilines is 2. The van der Waals surface area contributed by atoms with Crippen molar-refractivity contribution >= 4 is 21.4 Å². The molecule has 0 amide bonds. The lowest BCUT2D eigenvalue weighted by atomic mass is 10.3. The van der Waals surface area contributed by atoms with Crippen molar-refractivity contribution in [3.05, 3.63) is 54.3 Å². The first-order valence-electron chi connectivity index (χ1n) is 6.09. The van der Waals surface area contributed by atoms with Gasteiger partial charge in [0, 0.05) is 6.54 Å². The van der Waals surface area contributed by atoms with Crippen molar-refractivity contribution in [3.63, 3.8) is 0 Å². The molecule has 2 rings (SSSR count). The Morgan fingerprint density at radius 1 is 1.15 bits per heavy atom. The fourth-order valence-electron chi connectivity index (χ4n) is 1.94. The quantitative estimate of drug-likeness (QED) is 0.882. The molecule has 0 aliphatic heterocycles. The number of hydrogen-bond acceptors (Lipinski definition) is 3. The largest absolute Gasteiger partial charge is 0.397 e. The van der Waals surface area contributed by atoms with Gasteiger partial charge < -0.3 is 5.73 Å². The maximum Gasteiger partial charge on any atom is 0.264 e.